The minimum absolute atomic E-state index is 0.0281. The van der Waals surface area contributed by atoms with Gasteiger partial charge in [0.1, 0.15) is 12.2 Å². The van der Waals surface area contributed by atoms with Crippen LogP contribution in [0.2, 0.25) is 0 Å². The van der Waals surface area contributed by atoms with Crippen molar-refractivity contribution >= 4 is 47.6 Å². The van der Waals surface area contributed by atoms with E-state index in [1.807, 2.05) is 0 Å². The molecule has 1 aromatic rings. The highest BCUT2D eigenvalue weighted by Crippen LogP contribution is 2.57. The van der Waals surface area contributed by atoms with Gasteiger partial charge in [-0.25, -0.2) is 4.79 Å². The van der Waals surface area contributed by atoms with Gasteiger partial charge in [-0.15, -0.1) is 0 Å². The Balaban J connectivity index is 2.30. The Morgan fingerprint density at radius 3 is 1.90 bits per heavy atom. The third-order valence-corrected chi connectivity index (χ3v) is 10.7. The predicted octanol–water partition coefficient (Wildman–Crippen LogP) is 4.32. The maximum Gasteiger partial charge on any atom is 0.338 e. The van der Waals surface area contributed by atoms with Crippen LogP contribution in [0.1, 0.15) is 105 Å². The highest BCUT2D eigenvalue weighted by Gasteiger charge is 2.76. The quantitative estimate of drug-likeness (QED) is 0.183. The maximum atomic E-state index is 15.3. The zero-order chi connectivity index (χ0) is 43.4. The summed E-state index contributed by atoms with van der Waals surface area (Å²) in [6, 6.07) is 7.74. The van der Waals surface area contributed by atoms with Crippen LogP contribution in [0.3, 0.4) is 0 Å². The van der Waals surface area contributed by atoms with E-state index in [-0.39, 0.29) is 12.2 Å². The average molecular weight is 815 g/mol. The van der Waals surface area contributed by atoms with Crippen LogP contribution in [-0.2, 0) is 71.5 Å². The normalized spacial score (nSPS) is 33.6. The van der Waals surface area contributed by atoms with E-state index in [1.165, 1.54) is 32.1 Å². The van der Waals surface area contributed by atoms with E-state index in [4.69, 9.17) is 37.9 Å². The Labute approximate surface area is 337 Å². The molecule has 16 nitrogen and oxygen atoms in total. The molecule has 2 fully saturated rings. The second-order valence-electron chi connectivity index (χ2n) is 16.0. The first-order chi connectivity index (χ1) is 27.0. The van der Waals surface area contributed by atoms with Gasteiger partial charge in [-0.05, 0) is 25.5 Å². The molecule has 0 radical (unpaired) electrons. The van der Waals surface area contributed by atoms with Crippen LogP contribution in [0.5, 0.6) is 0 Å². The van der Waals surface area contributed by atoms with Crippen LogP contribution in [0.15, 0.2) is 42.5 Å². The second-order valence-corrected chi connectivity index (χ2v) is 16.0. The zero-order valence-electron chi connectivity index (χ0n) is 34.7. The van der Waals surface area contributed by atoms with Gasteiger partial charge in [0.2, 0.25) is 0 Å². The van der Waals surface area contributed by atoms with Crippen LogP contribution < -0.4 is 0 Å². The zero-order valence-corrected chi connectivity index (χ0v) is 34.7. The number of hydrogen-bond donors (Lipinski definition) is 0. The molecule has 3 aliphatic rings. The molecular formula is C42H54O16. The number of hydrogen-bond acceptors (Lipinski definition) is 16. The predicted molar refractivity (Wildman–Crippen MR) is 200 cm³/mol. The van der Waals surface area contributed by atoms with E-state index >= 15 is 4.79 Å². The average Bonchev–Trinajstić information content (AvgIpc) is 3.34. The van der Waals surface area contributed by atoms with Crippen molar-refractivity contribution in [1.29, 1.82) is 0 Å². The summed E-state index contributed by atoms with van der Waals surface area (Å²) >= 11 is 0. The summed E-state index contributed by atoms with van der Waals surface area (Å²) in [6.07, 6.45) is -6.53. The van der Waals surface area contributed by atoms with Gasteiger partial charge in [-0.1, -0.05) is 58.0 Å². The van der Waals surface area contributed by atoms with E-state index in [1.54, 1.807) is 45.0 Å². The lowest BCUT2D eigenvalue weighted by atomic mass is 9.66. The first-order valence-corrected chi connectivity index (χ1v) is 19.3. The molecule has 4 rings (SSSR count). The number of fused-ring (bicyclic) bond motifs is 3. The fourth-order valence-electron chi connectivity index (χ4n) is 8.64. The summed E-state index contributed by atoms with van der Waals surface area (Å²) in [7, 11) is 0. The van der Waals surface area contributed by atoms with Crippen molar-refractivity contribution in [1.82, 2.24) is 0 Å². The van der Waals surface area contributed by atoms with E-state index in [0.717, 1.165) is 34.6 Å². The van der Waals surface area contributed by atoms with E-state index < -0.39 is 131 Å². The molecule has 1 aromatic carbocycles. The summed E-state index contributed by atoms with van der Waals surface area (Å²) < 4.78 is 49.4. The van der Waals surface area contributed by atoms with Crippen LogP contribution in [-0.4, -0.2) is 101 Å². The van der Waals surface area contributed by atoms with Gasteiger partial charge in [-0.3, -0.25) is 33.6 Å². The molecule has 10 atom stereocenters. The summed E-state index contributed by atoms with van der Waals surface area (Å²) in [5.74, 6) is -9.98. The number of benzene rings is 1. The third kappa shape index (κ3) is 9.43. The molecule has 0 unspecified atom stereocenters. The Hall–Kier alpha value is -5.12. The molecule has 1 saturated heterocycles. The molecule has 1 aliphatic heterocycles. The molecule has 0 amide bonds. The maximum absolute atomic E-state index is 15.3. The summed E-state index contributed by atoms with van der Waals surface area (Å²) in [4.78, 5) is 109. The monoisotopic (exact) mass is 814 g/mol. The Bertz CT molecular complexity index is 1800. The first-order valence-electron chi connectivity index (χ1n) is 19.3. The van der Waals surface area contributed by atoms with Crippen LogP contribution in [0, 0.1) is 17.3 Å². The summed E-state index contributed by atoms with van der Waals surface area (Å²) in [6.45, 7) is 13.3. The van der Waals surface area contributed by atoms with Gasteiger partial charge in [0.15, 0.2) is 40.9 Å². The molecule has 2 aliphatic carbocycles. The highest BCUT2D eigenvalue weighted by molar-refractivity contribution is 5.94. The molecule has 16 heteroatoms. The van der Waals surface area contributed by atoms with Gasteiger partial charge in [0.05, 0.1) is 11.5 Å². The van der Waals surface area contributed by atoms with E-state index in [2.05, 4.69) is 0 Å². The van der Waals surface area contributed by atoms with Gasteiger partial charge < -0.3 is 37.9 Å². The number of ether oxygens (including phenoxy) is 8. The van der Waals surface area contributed by atoms with E-state index in [9.17, 15) is 33.6 Å². The third-order valence-electron chi connectivity index (χ3n) is 10.7. The minimum Gasteiger partial charge on any atom is -0.458 e. The fourth-order valence-corrected chi connectivity index (χ4v) is 8.64. The Morgan fingerprint density at radius 2 is 1.34 bits per heavy atom. The van der Waals surface area contributed by atoms with Crippen molar-refractivity contribution in [3.8, 4) is 0 Å². The van der Waals surface area contributed by atoms with Gasteiger partial charge in [0, 0.05) is 71.8 Å². The molecule has 1 saturated carbocycles. The highest BCUT2D eigenvalue weighted by atomic mass is 16.7. The molecule has 58 heavy (non-hydrogen) atoms. The van der Waals surface area contributed by atoms with Gasteiger partial charge in [0.25, 0.3) is 0 Å². The van der Waals surface area contributed by atoms with Crippen LogP contribution in [0.4, 0.5) is 0 Å². The molecule has 0 bridgehead atoms. The number of carbonyl (C=O) groups is 8. The van der Waals surface area contributed by atoms with Crippen LogP contribution in [0.25, 0.3) is 0 Å². The van der Waals surface area contributed by atoms with Crippen molar-refractivity contribution in [3.63, 3.8) is 0 Å². The van der Waals surface area contributed by atoms with Crippen molar-refractivity contribution in [2.45, 2.75) is 142 Å². The molecular weight excluding hydrogens is 760 g/mol. The van der Waals surface area contributed by atoms with Crippen LogP contribution >= 0.6 is 0 Å². The lowest BCUT2D eigenvalue weighted by molar-refractivity contribution is -0.268. The van der Waals surface area contributed by atoms with Gasteiger partial charge in [-0.2, -0.15) is 0 Å². The number of esters is 7. The molecule has 0 N–H and O–H groups in total. The molecule has 0 spiro atoms. The number of allylic oxidation sites excluding steroid dienone is 1. The fraction of sp³-hybridized carbons (Fsp3) is 0.619. The van der Waals surface area contributed by atoms with E-state index in [0.29, 0.717) is 6.42 Å². The number of Topliss-reactive ketones (excluding diaryl/α,β-unsaturated/α-hetero) is 1. The molecule has 318 valence electrons. The Kier molecular flexibility index (Phi) is 14.0. The first kappa shape index (κ1) is 45.6. The second kappa shape index (κ2) is 17.8. The van der Waals surface area contributed by atoms with Gasteiger partial charge >= 0.3 is 41.8 Å². The SMILES string of the molecule is CCCO[C@@H]1[C@@H](OC(C)=O)[C@@H](OC(C)=O)C(C)(C)/C=C/[C@H](C)C(=O)[C@@]2(OC(C)=O)C[C@@](C)(OC(C)=O)[C@H](OC(C)=O)[C@@H]2[C@H]2OC(=O)CC[C@@]12OC(=O)c1ccccc1. The number of ketones is 1. The van der Waals surface area contributed by atoms with Crippen molar-refractivity contribution < 1.29 is 76.3 Å². The minimum atomic E-state index is -2.43. The van der Waals surface area contributed by atoms with Crippen molar-refractivity contribution in [3.05, 3.63) is 48.0 Å². The number of rotatable bonds is 10. The summed E-state index contributed by atoms with van der Waals surface area (Å²) in [5.41, 5.74) is -8.00. The smallest absolute Gasteiger partial charge is 0.338 e. The Morgan fingerprint density at radius 1 is 0.759 bits per heavy atom. The lowest BCUT2D eigenvalue weighted by Gasteiger charge is -2.54. The van der Waals surface area contributed by atoms with Crippen molar-refractivity contribution in [2.24, 2.45) is 17.3 Å². The molecule has 0 aromatic heterocycles. The summed E-state index contributed by atoms with van der Waals surface area (Å²) in [5, 5.41) is 0. The standard InChI is InChI=1S/C42H54O16/c1-11-21-51-37-32(52-24(3)43)36(54-26(5)45)39(8,9)19-17-23(2)33(49)42(57-28(7)47)22-40(10,56-27(6)46)34(53-25(4)44)31(42)35-41(37,20-18-30(48)55-35)58-38(50)29-15-13-12-14-16-29/h12-17,19,23,31-32,34-37H,11,18,20-22H2,1-10H3/b19-17+/t23-,31+,32-,34+,35+,36+,37+,40+,41-,42+/m0/s1. The molecule has 1 heterocycles. The topological polar surface area (TPSA) is 210 Å². The van der Waals surface area contributed by atoms with Crippen molar-refractivity contribution in [2.75, 3.05) is 6.61 Å². The number of carbonyl (C=O) groups excluding carboxylic acids is 8. The lowest BCUT2D eigenvalue weighted by Crippen LogP contribution is -2.71. The largest absolute Gasteiger partial charge is 0.458 e.